The third-order valence-electron chi connectivity index (χ3n) is 5.86. The molecule has 4 heterocycles. The summed E-state index contributed by atoms with van der Waals surface area (Å²) in [7, 11) is 0. The Kier molecular flexibility index (Phi) is 6.76. The molecule has 0 radical (unpaired) electrons. The van der Waals surface area contributed by atoms with Crippen LogP contribution in [0.1, 0.15) is 54.3 Å². The van der Waals surface area contributed by atoms with E-state index in [0.717, 1.165) is 12.8 Å². The molecule has 32 heavy (non-hydrogen) atoms. The Morgan fingerprint density at radius 3 is 2.59 bits per heavy atom. The minimum absolute atomic E-state index is 0.0247. The van der Waals surface area contributed by atoms with Crippen molar-refractivity contribution in [3.8, 4) is 5.88 Å². The lowest BCUT2D eigenvalue weighted by molar-refractivity contribution is 0.0237. The molecule has 2 aromatic rings. The SMILES string of the molecule is CC(C)n1cc(C(=N)c2c(N)ccnc2OC2CCOCC2)cc1C(=O)N1CCOCC1. The van der Waals surface area contributed by atoms with Gasteiger partial charge in [0.25, 0.3) is 5.91 Å². The van der Waals surface area contributed by atoms with E-state index in [-0.39, 0.29) is 23.8 Å². The summed E-state index contributed by atoms with van der Waals surface area (Å²) in [5, 5.41) is 8.92. The Labute approximate surface area is 188 Å². The molecule has 0 atom stereocenters. The topological polar surface area (TPSA) is 116 Å². The van der Waals surface area contributed by atoms with E-state index in [4.69, 9.17) is 25.4 Å². The number of nitrogens with one attached hydrogen (secondary N) is 1. The zero-order valence-corrected chi connectivity index (χ0v) is 18.7. The van der Waals surface area contributed by atoms with Crippen LogP contribution in [0.2, 0.25) is 0 Å². The molecule has 2 saturated heterocycles. The van der Waals surface area contributed by atoms with Gasteiger partial charge >= 0.3 is 0 Å². The number of hydrogen-bond donors (Lipinski definition) is 2. The quantitative estimate of drug-likeness (QED) is 0.666. The van der Waals surface area contributed by atoms with Gasteiger partial charge in [-0.15, -0.1) is 0 Å². The second-order valence-electron chi connectivity index (χ2n) is 8.40. The first-order valence-corrected chi connectivity index (χ1v) is 11.1. The number of anilines is 1. The van der Waals surface area contributed by atoms with E-state index >= 15 is 0 Å². The molecule has 2 aliphatic heterocycles. The van der Waals surface area contributed by atoms with Crippen LogP contribution < -0.4 is 10.5 Å². The standard InChI is InChI=1S/C23H31N5O4/c1-15(2)28-14-16(13-19(28)23(29)27-7-11-31-12-8-27)21(25)20-18(24)3-6-26-22(20)32-17-4-9-30-10-5-17/h3,6,13-15,17,25H,4-5,7-12H2,1-2H3,(H2,24,26). The van der Waals surface area contributed by atoms with Crippen molar-refractivity contribution in [1.82, 2.24) is 14.5 Å². The maximum absolute atomic E-state index is 13.2. The first-order valence-electron chi connectivity index (χ1n) is 11.1. The highest BCUT2D eigenvalue weighted by Gasteiger charge is 2.26. The van der Waals surface area contributed by atoms with Crippen LogP contribution in [0.5, 0.6) is 5.88 Å². The van der Waals surface area contributed by atoms with E-state index in [0.29, 0.717) is 67.9 Å². The van der Waals surface area contributed by atoms with E-state index in [9.17, 15) is 4.79 Å². The van der Waals surface area contributed by atoms with Gasteiger partial charge in [-0.1, -0.05) is 0 Å². The molecule has 0 spiro atoms. The molecule has 2 fully saturated rings. The average Bonchev–Trinajstić information content (AvgIpc) is 3.26. The van der Waals surface area contributed by atoms with Gasteiger partial charge in [-0.2, -0.15) is 0 Å². The minimum atomic E-state index is -0.0566. The van der Waals surface area contributed by atoms with Gasteiger partial charge in [-0.25, -0.2) is 4.98 Å². The van der Waals surface area contributed by atoms with Crippen LogP contribution in [0.3, 0.4) is 0 Å². The Morgan fingerprint density at radius 1 is 1.22 bits per heavy atom. The molecule has 9 heteroatoms. The predicted octanol–water partition coefficient (Wildman–Crippen LogP) is 2.49. The van der Waals surface area contributed by atoms with E-state index in [1.807, 2.05) is 24.6 Å². The molecule has 4 rings (SSSR count). The van der Waals surface area contributed by atoms with E-state index in [1.165, 1.54) is 0 Å². The van der Waals surface area contributed by atoms with Gasteiger partial charge in [0.2, 0.25) is 5.88 Å². The van der Waals surface area contributed by atoms with Gasteiger partial charge in [-0.05, 0) is 26.0 Å². The number of amides is 1. The summed E-state index contributed by atoms with van der Waals surface area (Å²) >= 11 is 0. The molecule has 0 bridgehead atoms. The van der Waals surface area contributed by atoms with E-state index < -0.39 is 0 Å². The number of rotatable bonds is 6. The first-order chi connectivity index (χ1) is 15.5. The molecule has 172 valence electrons. The highest BCUT2D eigenvalue weighted by Crippen LogP contribution is 2.29. The van der Waals surface area contributed by atoms with Gasteiger partial charge in [0.15, 0.2) is 0 Å². The molecule has 0 aromatic carbocycles. The number of hydrogen-bond acceptors (Lipinski definition) is 7. The maximum atomic E-state index is 13.2. The van der Waals surface area contributed by atoms with Gasteiger partial charge in [-0.3, -0.25) is 10.2 Å². The van der Waals surface area contributed by atoms with Crippen molar-refractivity contribution in [1.29, 1.82) is 5.41 Å². The number of ether oxygens (including phenoxy) is 3. The van der Waals surface area contributed by atoms with Crippen molar-refractivity contribution in [2.45, 2.75) is 38.8 Å². The highest BCUT2D eigenvalue weighted by molar-refractivity contribution is 6.16. The van der Waals surface area contributed by atoms with Gasteiger partial charge in [0, 0.05) is 55.6 Å². The lowest BCUT2D eigenvalue weighted by Gasteiger charge is -2.27. The summed E-state index contributed by atoms with van der Waals surface area (Å²) in [6.07, 6.45) is 4.94. The summed E-state index contributed by atoms with van der Waals surface area (Å²) in [5.74, 6) is 0.291. The smallest absolute Gasteiger partial charge is 0.270 e. The molecular formula is C23H31N5O4. The maximum Gasteiger partial charge on any atom is 0.270 e. The van der Waals surface area contributed by atoms with Crippen LogP contribution in [0.25, 0.3) is 0 Å². The number of nitrogens with two attached hydrogens (primary N) is 1. The van der Waals surface area contributed by atoms with Crippen LogP contribution in [0, 0.1) is 5.41 Å². The van der Waals surface area contributed by atoms with E-state index in [2.05, 4.69) is 4.98 Å². The Balaban J connectivity index is 1.65. The number of carbonyl (C=O) groups excluding carboxylic acids is 1. The van der Waals surface area contributed by atoms with Crippen LogP contribution in [-0.4, -0.2) is 71.7 Å². The van der Waals surface area contributed by atoms with E-state index in [1.54, 1.807) is 23.2 Å². The fourth-order valence-corrected chi connectivity index (χ4v) is 4.04. The average molecular weight is 442 g/mol. The molecule has 1 amide bonds. The van der Waals surface area contributed by atoms with Crippen LogP contribution in [0.4, 0.5) is 5.69 Å². The zero-order chi connectivity index (χ0) is 22.7. The molecule has 0 aliphatic carbocycles. The number of pyridine rings is 1. The second kappa shape index (κ2) is 9.70. The Morgan fingerprint density at radius 2 is 1.91 bits per heavy atom. The lowest BCUT2D eigenvalue weighted by Crippen LogP contribution is -2.41. The van der Waals surface area contributed by atoms with Crippen molar-refractivity contribution in [2.24, 2.45) is 0 Å². The number of nitrogens with zero attached hydrogens (tertiary/aromatic N) is 3. The monoisotopic (exact) mass is 441 g/mol. The summed E-state index contributed by atoms with van der Waals surface area (Å²) in [6.45, 7) is 7.52. The van der Waals surface area contributed by atoms with Crippen molar-refractivity contribution < 1.29 is 19.0 Å². The summed E-state index contributed by atoms with van der Waals surface area (Å²) < 4.78 is 18.8. The van der Waals surface area contributed by atoms with Crippen molar-refractivity contribution in [3.63, 3.8) is 0 Å². The third kappa shape index (κ3) is 4.63. The van der Waals surface area contributed by atoms with Crippen LogP contribution in [0.15, 0.2) is 24.5 Å². The summed E-state index contributed by atoms with van der Waals surface area (Å²) in [6, 6.07) is 3.49. The largest absolute Gasteiger partial charge is 0.474 e. The summed E-state index contributed by atoms with van der Waals surface area (Å²) in [4.78, 5) is 19.4. The fraction of sp³-hybridized carbons (Fsp3) is 0.522. The molecule has 2 aliphatic rings. The fourth-order valence-electron chi connectivity index (χ4n) is 4.04. The number of aromatic nitrogens is 2. The molecule has 0 unspecified atom stereocenters. The van der Waals surface area contributed by atoms with Crippen molar-refractivity contribution in [3.05, 3.63) is 41.3 Å². The van der Waals surface area contributed by atoms with Crippen molar-refractivity contribution in [2.75, 3.05) is 45.3 Å². The molecular weight excluding hydrogens is 410 g/mol. The second-order valence-corrected chi connectivity index (χ2v) is 8.40. The predicted molar refractivity (Wildman–Crippen MR) is 121 cm³/mol. The molecule has 3 N–H and O–H groups in total. The number of nitrogen functional groups attached to an aromatic ring is 1. The molecule has 9 nitrogen and oxygen atoms in total. The number of morpholine rings is 1. The van der Waals surface area contributed by atoms with Crippen molar-refractivity contribution >= 4 is 17.3 Å². The van der Waals surface area contributed by atoms with Gasteiger partial charge < -0.3 is 29.4 Å². The lowest BCUT2D eigenvalue weighted by atomic mass is 10.0. The Bertz CT molecular complexity index is 975. The molecule has 0 saturated carbocycles. The Hall–Kier alpha value is -2.91. The van der Waals surface area contributed by atoms with Gasteiger partial charge in [0.1, 0.15) is 11.8 Å². The zero-order valence-electron chi connectivity index (χ0n) is 18.7. The number of carbonyl (C=O) groups is 1. The minimum Gasteiger partial charge on any atom is -0.474 e. The first kappa shape index (κ1) is 22.3. The van der Waals surface area contributed by atoms with Crippen LogP contribution in [-0.2, 0) is 9.47 Å². The summed E-state index contributed by atoms with van der Waals surface area (Å²) in [5.41, 5.74) is 8.48. The van der Waals surface area contributed by atoms with Gasteiger partial charge in [0.05, 0.1) is 37.7 Å². The third-order valence-corrected chi connectivity index (χ3v) is 5.86. The normalized spacial score (nSPS) is 17.5. The van der Waals surface area contributed by atoms with Crippen LogP contribution >= 0.6 is 0 Å². The molecule has 2 aromatic heterocycles. The highest BCUT2D eigenvalue weighted by atomic mass is 16.5.